The largest absolute Gasteiger partial charge is 0.462 e. The molecule has 0 bridgehead atoms. The molecular weight excluding hydrogens is 721 g/mol. The number of unbranched alkanes of at least 4 members (excludes halogenated alkanes) is 31. The number of hydrogen-bond donors (Lipinski definition) is 0. The van der Waals surface area contributed by atoms with Gasteiger partial charge in [0.05, 0.1) is 0 Å². The number of carbonyl (C=O) groups is 3. The van der Waals surface area contributed by atoms with E-state index in [1.165, 1.54) is 148 Å². The molecule has 340 valence electrons. The maximum Gasteiger partial charge on any atom is 0.306 e. The van der Waals surface area contributed by atoms with Gasteiger partial charge in [0.2, 0.25) is 0 Å². The summed E-state index contributed by atoms with van der Waals surface area (Å²) in [5.41, 5.74) is 0. The van der Waals surface area contributed by atoms with Crippen LogP contribution in [0.2, 0.25) is 0 Å². The fourth-order valence-electron chi connectivity index (χ4n) is 7.42. The maximum atomic E-state index is 12.8. The lowest BCUT2D eigenvalue weighted by atomic mass is 10.0. The van der Waals surface area contributed by atoms with E-state index in [-0.39, 0.29) is 31.1 Å². The summed E-state index contributed by atoms with van der Waals surface area (Å²) >= 11 is 0. The molecule has 0 spiro atoms. The van der Waals surface area contributed by atoms with Crippen molar-refractivity contribution in [3.8, 4) is 0 Å². The van der Waals surface area contributed by atoms with Gasteiger partial charge in [0.15, 0.2) is 6.10 Å². The molecule has 0 fully saturated rings. The quantitative estimate of drug-likeness (QED) is 0.0263. The molecule has 1 unspecified atom stereocenters. The first-order chi connectivity index (χ1) is 28.5. The van der Waals surface area contributed by atoms with Crippen molar-refractivity contribution in [2.24, 2.45) is 0 Å². The SMILES string of the molecule is CC/C=C\C/C=C\CCCCCCCC(=O)OCC(COC(=O)CCCCCCCCCCCCCCCC)OC(=O)CCCCCCCCCCCCCCCC. The van der Waals surface area contributed by atoms with Gasteiger partial charge < -0.3 is 14.2 Å². The van der Waals surface area contributed by atoms with Gasteiger partial charge in [0.25, 0.3) is 0 Å². The third kappa shape index (κ3) is 45.0. The zero-order valence-corrected chi connectivity index (χ0v) is 38.8. The average molecular weight is 817 g/mol. The molecule has 0 aliphatic rings. The van der Waals surface area contributed by atoms with E-state index in [1.807, 2.05) is 0 Å². The number of carbonyl (C=O) groups excluding carboxylic acids is 3. The Labute approximate surface area is 360 Å². The summed E-state index contributed by atoms with van der Waals surface area (Å²) in [6.45, 7) is 6.54. The fourth-order valence-corrected chi connectivity index (χ4v) is 7.42. The second-order valence-corrected chi connectivity index (χ2v) is 17.1. The van der Waals surface area contributed by atoms with Crippen LogP contribution in [-0.4, -0.2) is 37.2 Å². The topological polar surface area (TPSA) is 78.9 Å². The van der Waals surface area contributed by atoms with Crippen molar-refractivity contribution in [2.45, 2.75) is 277 Å². The molecule has 58 heavy (non-hydrogen) atoms. The minimum Gasteiger partial charge on any atom is -0.462 e. The molecule has 0 rings (SSSR count). The van der Waals surface area contributed by atoms with Crippen LogP contribution in [0.25, 0.3) is 0 Å². The van der Waals surface area contributed by atoms with Crippen LogP contribution in [0.15, 0.2) is 24.3 Å². The predicted octanol–water partition coefficient (Wildman–Crippen LogP) is 16.4. The Morgan fingerprint density at radius 1 is 0.362 bits per heavy atom. The van der Waals surface area contributed by atoms with Crippen molar-refractivity contribution < 1.29 is 28.6 Å². The van der Waals surface area contributed by atoms with Crippen molar-refractivity contribution in [3.63, 3.8) is 0 Å². The zero-order valence-electron chi connectivity index (χ0n) is 38.8. The molecule has 0 radical (unpaired) electrons. The molecule has 0 aromatic rings. The van der Waals surface area contributed by atoms with Crippen LogP contribution in [0, 0.1) is 0 Å². The molecule has 0 aliphatic carbocycles. The molecule has 6 nitrogen and oxygen atoms in total. The molecule has 0 aliphatic heterocycles. The van der Waals surface area contributed by atoms with Crippen LogP contribution < -0.4 is 0 Å². The van der Waals surface area contributed by atoms with Crippen molar-refractivity contribution in [1.82, 2.24) is 0 Å². The predicted molar refractivity (Wildman–Crippen MR) is 247 cm³/mol. The van der Waals surface area contributed by atoms with Gasteiger partial charge in [-0.05, 0) is 44.9 Å². The van der Waals surface area contributed by atoms with Gasteiger partial charge in [-0.1, -0.05) is 231 Å². The van der Waals surface area contributed by atoms with Gasteiger partial charge >= 0.3 is 17.9 Å². The van der Waals surface area contributed by atoms with Crippen molar-refractivity contribution >= 4 is 17.9 Å². The summed E-state index contributed by atoms with van der Waals surface area (Å²) in [5.74, 6) is -0.873. The summed E-state index contributed by atoms with van der Waals surface area (Å²) in [7, 11) is 0. The molecule has 0 heterocycles. The first-order valence-electron chi connectivity index (χ1n) is 25.3. The first-order valence-corrected chi connectivity index (χ1v) is 25.3. The number of ether oxygens (including phenoxy) is 3. The molecule has 0 aromatic carbocycles. The van der Waals surface area contributed by atoms with Crippen LogP contribution in [0.1, 0.15) is 271 Å². The molecule has 0 aromatic heterocycles. The minimum atomic E-state index is -0.770. The number of rotatable bonds is 46. The lowest BCUT2D eigenvalue weighted by Crippen LogP contribution is -2.30. The van der Waals surface area contributed by atoms with E-state index in [4.69, 9.17) is 14.2 Å². The summed E-state index contributed by atoms with van der Waals surface area (Å²) in [6.07, 6.45) is 53.0. The Morgan fingerprint density at radius 3 is 1.03 bits per heavy atom. The van der Waals surface area contributed by atoms with Gasteiger partial charge in [-0.25, -0.2) is 0 Å². The van der Waals surface area contributed by atoms with E-state index >= 15 is 0 Å². The Balaban J connectivity index is 4.34. The second kappa shape index (κ2) is 47.6. The monoisotopic (exact) mass is 817 g/mol. The molecule has 6 heteroatoms. The average Bonchev–Trinajstić information content (AvgIpc) is 3.22. The van der Waals surface area contributed by atoms with E-state index < -0.39 is 6.10 Å². The third-order valence-electron chi connectivity index (χ3n) is 11.2. The van der Waals surface area contributed by atoms with Gasteiger partial charge in [0, 0.05) is 19.3 Å². The Hall–Kier alpha value is -2.11. The minimum absolute atomic E-state index is 0.0709. The van der Waals surface area contributed by atoms with Crippen LogP contribution >= 0.6 is 0 Å². The molecule has 0 amide bonds. The lowest BCUT2D eigenvalue weighted by Gasteiger charge is -2.18. The van der Waals surface area contributed by atoms with E-state index in [2.05, 4.69) is 45.1 Å². The number of esters is 3. The van der Waals surface area contributed by atoms with Crippen molar-refractivity contribution in [3.05, 3.63) is 24.3 Å². The normalized spacial score (nSPS) is 12.1. The van der Waals surface area contributed by atoms with Crippen molar-refractivity contribution in [2.75, 3.05) is 13.2 Å². The summed E-state index contributed by atoms with van der Waals surface area (Å²) in [4.78, 5) is 37.9. The zero-order chi connectivity index (χ0) is 42.3. The Kier molecular flexibility index (Phi) is 45.8. The highest BCUT2D eigenvalue weighted by Crippen LogP contribution is 2.16. The van der Waals surface area contributed by atoms with Crippen LogP contribution in [0.3, 0.4) is 0 Å². The number of hydrogen-bond acceptors (Lipinski definition) is 6. The van der Waals surface area contributed by atoms with Gasteiger partial charge in [-0.2, -0.15) is 0 Å². The van der Waals surface area contributed by atoms with Gasteiger partial charge in [0.1, 0.15) is 13.2 Å². The van der Waals surface area contributed by atoms with E-state index in [0.717, 1.165) is 83.5 Å². The fraction of sp³-hybridized carbons (Fsp3) is 0.865. The van der Waals surface area contributed by atoms with Gasteiger partial charge in [-0.3, -0.25) is 14.4 Å². The summed E-state index contributed by atoms with van der Waals surface area (Å²) in [6, 6.07) is 0. The smallest absolute Gasteiger partial charge is 0.306 e. The molecule has 0 saturated heterocycles. The molecular formula is C52H96O6. The van der Waals surface area contributed by atoms with E-state index in [0.29, 0.717) is 19.3 Å². The summed E-state index contributed by atoms with van der Waals surface area (Å²) in [5, 5.41) is 0. The van der Waals surface area contributed by atoms with Crippen molar-refractivity contribution in [1.29, 1.82) is 0 Å². The number of allylic oxidation sites excluding steroid dienone is 4. The standard InChI is InChI=1S/C52H96O6/c1-4-7-10-13-16-19-22-25-27-30-33-36-39-42-45-51(54)57-48-49(47-56-50(53)44-41-38-35-32-29-24-21-18-15-12-9-6-3)58-52(55)46-43-40-37-34-31-28-26-23-20-17-14-11-8-5-2/h9,12,18,21,49H,4-8,10-11,13-17,19-20,22-48H2,1-3H3/b12-9-,21-18-. The molecule has 0 N–H and O–H groups in total. The third-order valence-corrected chi connectivity index (χ3v) is 11.2. The highest BCUT2D eigenvalue weighted by Gasteiger charge is 2.19. The highest BCUT2D eigenvalue weighted by atomic mass is 16.6. The van der Waals surface area contributed by atoms with E-state index in [9.17, 15) is 14.4 Å². The highest BCUT2D eigenvalue weighted by molar-refractivity contribution is 5.71. The van der Waals surface area contributed by atoms with Gasteiger partial charge in [-0.15, -0.1) is 0 Å². The maximum absolute atomic E-state index is 12.8. The first kappa shape index (κ1) is 55.9. The lowest BCUT2D eigenvalue weighted by molar-refractivity contribution is -0.167. The summed E-state index contributed by atoms with van der Waals surface area (Å²) < 4.78 is 16.8. The Morgan fingerprint density at radius 2 is 0.672 bits per heavy atom. The molecule has 0 saturated carbocycles. The van der Waals surface area contributed by atoms with E-state index in [1.54, 1.807) is 0 Å². The van der Waals surface area contributed by atoms with Crippen LogP contribution in [0.5, 0.6) is 0 Å². The van der Waals surface area contributed by atoms with Crippen LogP contribution in [0.4, 0.5) is 0 Å². The van der Waals surface area contributed by atoms with Crippen LogP contribution in [-0.2, 0) is 28.6 Å². The second-order valence-electron chi connectivity index (χ2n) is 17.1. The molecule has 1 atom stereocenters. The Bertz CT molecular complexity index is 942.